The van der Waals surface area contributed by atoms with Gasteiger partial charge in [0, 0.05) is 19.3 Å². The van der Waals surface area contributed by atoms with Gasteiger partial charge in [0.15, 0.2) is 0 Å². The summed E-state index contributed by atoms with van der Waals surface area (Å²) in [7, 11) is 1.74. The van der Waals surface area contributed by atoms with Gasteiger partial charge in [0.25, 0.3) is 5.91 Å². The van der Waals surface area contributed by atoms with Crippen molar-refractivity contribution in [1.29, 1.82) is 0 Å². The van der Waals surface area contributed by atoms with Crippen LogP contribution in [0.25, 0.3) is 0 Å². The van der Waals surface area contributed by atoms with Crippen molar-refractivity contribution >= 4 is 5.91 Å². The number of aryl methyl sites for hydroxylation is 3. The molecule has 0 radical (unpaired) electrons. The van der Waals surface area contributed by atoms with Gasteiger partial charge in [-0.25, -0.2) is 0 Å². The smallest absolute Gasteiger partial charge is 0.257 e. The fraction of sp³-hybridized carbons (Fsp3) is 0.375. The highest BCUT2D eigenvalue weighted by molar-refractivity contribution is 5.97. The van der Waals surface area contributed by atoms with Gasteiger partial charge in [-0.3, -0.25) is 9.89 Å². The molecule has 0 aliphatic rings. The molecule has 2 aromatic rings. The second-order valence-electron chi connectivity index (χ2n) is 5.36. The third-order valence-electron chi connectivity index (χ3n) is 3.79. The van der Waals surface area contributed by atoms with Crippen molar-refractivity contribution in [2.45, 2.75) is 27.2 Å². The van der Waals surface area contributed by atoms with Crippen LogP contribution in [0.3, 0.4) is 0 Å². The Morgan fingerprint density at radius 3 is 2.67 bits per heavy atom. The van der Waals surface area contributed by atoms with E-state index < -0.39 is 0 Å². The third kappa shape index (κ3) is 3.07. The predicted molar refractivity (Wildman–Crippen MR) is 81.6 cm³/mol. The minimum atomic E-state index is -0.171. The number of H-pyrrole nitrogens is 1. The number of carbonyl (C=O) groups is 1. The fourth-order valence-corrected chi connectivity index (χ4v) is 2.36. The van der Waals surface area contributed by atoms with Crippen LogP contribution in [0.5, 0.6) is 5.75 Å². The minimum Gasteiger partial charge on any atom is -0.507 e. The maximum Gasteiger partial charge on any atom is 0.257 e. The molecule has 0 fully saturated rings. The van der Waals surface area contributed by atoms with Gasteiger partial charge >= 0.3 is 0 Å². The van der Waals surface area contributed by atoms with E-state index >= 15 is 0 Å². The van der Waals surface area contributed by atoms with Crippen molar-refractivity contribution < 1.29 is 9.90 Å². The standard InChI is InChI=1S/C16H21N3O2/c1-10-6-5-7-14(15(10)20)16(21)19(4)9-8-13-11(2)17-18-12(13)3/h5-7,20H,8-9H2,1-4H3,(H,17,18). The molecule has 1 aromatic heterocycles. The first-order valence-corrected chi connectivity index (χ1v) is 6.96. The van der Waals surface area contributed by atoms with E-state index in [1.54, 1.807) is 37.1 Å². The second kappa shape index (κ2) is 5.99. The maximum atomic E-state index is 12.4. The average molecular weight is 287 g/mol. The van der Waals surface area contributed by atoms with Crippen LogP contribution < -0.4 is 0 Å². The first-order valence-electron chi connectivity index (χ1n) is 6.96. The Balaban J connectivity index is 2.08. The molecule has 112 valence electrons. The maximum absolute atomic E-state index is 12.4. The zero-order chi connectivity index (χ0) is 15.6. The van der Waals surface area contributed by atoms with Gasteiger partial charge < -0.3 is 10.0 Å². The first kappa shape index (κ1) is 15.1. The number of aromatic hydroxyl groups is 1. The molecule has 0 atom stereocenters. The summed E-state index contributed by atoms with van der Waals surface area (Å²) in [6, 6.07) is 5.21. The summed E-state index contributed by atoms with van der Waals surface area (Å²) < 4.78 is 0. The summed E-state index contributed by atoms with van der Waals surface area (Å²) in [5, 5.41) is 17.1. The molecule has 1 heterocycles. The molecular formula is C16H21N3O2. The summed E-state index contributed by atoms with van der Waals surface area (Å²) in [5.41, 5.74) is 4.19. The van der Waals surface area contributed by atoms with Gasteiger partial charge in [0.2, 0.25) is 0 Å². The van der Waals surface area contributed by atoms with Gasteiger partial charge in [-0.15, -0.1) is 0 Å². The van der Waals surface area contributed by atoms with Crippen molar-refractivity contribution in [2.75, 3.05) is 13.6 Å². The molecule has 0 saturated carbocycles. The van der Waals surface area contributed by atoms with Gasteiger partial charge in [-0.2, -0.15) is 5.10 Å². The highest BCUT2D eigenvalue weighted by Gasteiger charge is 2.17. The third-order valence-corrected chi connectivity index (χ3v) is 3.79. The highest BCUT2D eigenvalue weighted by Crippen LogP contribution is 2.22. The lowest BCUT2D eigenvalue weighted by atomic mass is 10.1. The van der Waals surface area contributed by atoms with Crippen LogP contribution >= 0.6 is 0 Å². The number of phenols is 1. The first-order chi connectivity index (χ1) is 9.91. The van der Waals surface area contributed by atoms with Crippen LogP contribution in [0.2, 0.25) is 0 Å². The van der Waals surface area contributed by atoms with Crippen LogP contribution in [0.15, 0.2) is 18.2 Å². The SMILES string of the molecule is Cc1cccc(C(=O)N(C)CCc2c(C)n[nH]c2C)c1O. The topological polar surface area (TPSA) is 69.2 Å². The number of carbonyl (C=O) groups excluding carboxylic acids is 1. The van der Waals surface area contributed by atoms with Gasteiger partial charge in [0.1, 0.15) is 5.75 Å². The largest absolute Gasteiger partial charge is 0.507 e. The van der Waals surface area contributed by atoms with E-state index in [2.05, 4.69) is 10.2 Å². The number of nitrogens with one attached hydrogen (secondary N) is 1. The van der Waals surface area contributed by atoms with Crippen molar-refractivity contribution in [3.63, 3.8) is 0 Å². The molecule has 0 bridgehead atoms. The number of rotatable bonds is 4. The zero-order valence-corrected chi connectivity index (χ0v) is 12.9. The quantitative estimate of drug-likeness (QED) is 0.907. The molecule has 5 heteroatoms. The van der Waals surface area contributed by atoms with Crippen LogP contribution in [-0.2, 0) is 6.42 Å². The van der Waals surface area contributed by atoms with E-state index in [1.807, 2.05) is 13.8 Å². The monoisotopic (exact) mass is 287 g/mol. The molecule has 21 heavy (non-hydrogen) atoms. The fourth-order valence-electron chi connectivity index (χ4n) is 2.36. The summed E-state index contributed by atoms with van der Waals surface area (Å²) >= 11 is 0. The van der Waals surface area contributed by atoms with Crippen LogP contribution in [-0.4, -0.2) is 39.7 Å². The minimum absolute atomic E-state index is 0.0602. The number of nitrogens with zero attached hydrogens (tertiary/aromatic N) is 2. The highest BCUT2D eigenvalue weighted by atomic mass is 16.3. The lowest BCUT2D eigenvalue weighted by Gasteiger charge is -2.18. The van der Waals surface area contributed by atoms with E-state index in [0.29, 0.717) is 17.7 Å². The number of aromatic amines is 1. The van der Waals surface area contributed by atoms with Crippen molar-refractivity contribution in [1.82, 2.24) is 15.1 Å². The Bertz CT molecular complexity index is 642. The normalized spacial score (nSPS) is 10.7. The van der Waals surface area contributed by atoms with Crippen molar-refractivity contribution in [3.05, 3.63) is 46.3 Å². The molecule has 0 aliphatic carbocycles. The molecule has 0 unspecified atom stereocenters. The number of amides is 1. The average Bonchev–Trinajstić information content (AvgIpc) is 2.78. The lowest BCUT2D eigenvalue weighted by Crippen LogP contribution is -2.29. The van der Waals surface area contributed by atoms with Crippen LogP contribution in [0.4, 0.5) is 0 Å². The van der Waals surface area contributed by atoms with Crippen molar-refractivity contribution in [2.24, 2.45) is 0 Å². The Hall–Kier alpha value is -2.30. The van der Waals surface area contributed by atoms with Crippen LogP contribution in [0, 0.1) is 20.8 Å². The molecule has 1 amide bonds. The summed E-state index contributed by atoms with van der Waals surface area (Å²) in [6.45, 7) is 6.29. The Kier molecular flexibility index (Phi) is 4.31. The Morgan fingerprint density at radius 2 is 2.05 bits per heavy atom. The summed E-state index contributed by atoms with van der Waals surface area (Å²) in [5.74, 6) is -0.111. The molecular weight excluding hydrogens is 266 g/mol. The molecule has 5 nitrogen and oxygen atoms in total. The van der Waals surface area contributed by atoms with E-state index in [1.165, 1.54) is 0 Å². The number of hydrogen-bond donors (Lipinski definition) is 2. The van der Waals surface area contributed by atoms with Gasteiger partial charge in [-0.1, -0.05) is 12.1 Å². The molecule has 0 saturated heterocycles. The van der Waals surface area contributed by atoms with Crippen LogP contribution in [0.1, 0.15) is 32.9 Å². The zero-order valence-electron chi connectivity index (χ0n) is 12.9. The van der Waals surface area contributed by atoms with Gasteiger partial charge in [-0.05, 0) is 44.4 Å². The number of para-hydroxylation sites is 1. The Labute approximate surface area is 124 Å². The van der Waals surface area contributed by atoms with Gasteiger partial charge in [0.05, 0.1) is 11.3 Å². The molecule has 0 spiro atoms. The Morgan fingerprint density at radius 1 is 1.33 bits per heavy atom. The number of phenolic OH excluding ortho intramolecular Hbond substituents is 1. The van der Waals surface area contributed by atoms with E-state index in [9.17, 15) is 9.90 Å². The van der Waals surface area contributed by atoms with E-state index in [4.69, 9.17) is 0 Å². The number of hydrogen-bond acceptors (Lipinski definition) is 3. The number of aromatic nitrogens is 2. The summed E-state index contributed by atoms with van der Waals surface area (Å²) in [6.07, 6.45) is 0.739. The van der Waals surface area contributed by atoms with Crippen molar-refractivity contribution in [3.8, 4) is 5.75 Å². The summed E-state index contributed by atoms with van der Waals surface area (Å²) in [4.78, 5) is 14.0. The van der Waals surface area contributed by atoms with E-state index in [0.717, 1.165) is 23.4 Å². The second-order valence-corrected chi connectivity index (χ2v) is 5.36. The molecule has 2 N–H and O–H groups in total. The predicted octanol–water partition coefficient (Wildman–Crippen LogP) is 2.36. The number of benzene rings is 1. The number of likely N-dealkylation sites (N-methyl/N-ethyl adjacent to an activating group) is 1. The molecule has 2 rings (SSSR count). The molecule has 0 aliphatic heterocycles. The van der Waals surface area contributed by atoms with E-state index in [-0.39, 0.29) is 11.7 Å². The lowest BCUT2D eigenvalue weighted by molar-refractivity contribution is 0.0793. The molecule has 1 aromatic carbocycles.